The topological polar surface area (TPSA) is 81.2 Å². The number of fused-ring (bicyclic) bond motifs is 1. The highest BCUT2D eigenvalue weighted by atomic mass is 19.1. The Bertz CT molecular complexity index is 1240. The third-order valence-electron chi connectivity index (χ3n) is 9.01. The predicted molar refractivity (Wildman–Crippen MR) is 154 cm³/mol. The molecule has 0 bridgehead atoms. The number of aliphatic hydroxyl groups excluding tert-OH is 1. The fourth-order valence-electron chi connectivity index (χ4n) is 6.37. The first-order valence-corrected chi connectivity index (χ1v) is 14.4. The van der Waals surface area contributed by atoms with Crippen LogP contribution in [0.15, 0.2) is 30.5 Å². The summed E-state index contributed by atoms with van der Waals surface area (Å²) in [5, 5.41) is 13.7. The van der Waals surface area contributed by atoms with Gasteiger partial charge < -0.3 is 20.1 Å². The van der Waals surface area contributed by atoms with Crippen LogP contribution in [-0.4, -0.2) is 103 Å². The van der Waals surface area contributed by atoms with Gasteiger partial charge in [0.2, 0.25) is 5.91 Å². The molecular formula is C31H44FN5O3. The number of aliphatic hydroxyl groups is 1. The van der Waals surface area contributed by atoms with E-state index in [-0.39, 0.29) is 35.8 Å². The number of hydrogen-bond donors (Lipinski definition) is 2. The molecule has 3 aliphatic rings. The van der Waals surface area contributed by atoms with Crippen molar-refractivity contribution in [2.45, 2.75) is 64.1 Å². The number of carbonyl (C=O) groups is 1. The predicted octanol–water partition coefficient (Wildman–Crippen LogP) is 2.49. The van der Waals surface area contributed by atoms with Crippen molar-refractivity contribution in [2.24, 2.45) is 0 Å². The second-order valence-electron chi connectivity index (χ2n) is 12.9. The summed E-state index contributed by atoms with van der Waals surface area (Å²) >= 11 is 0. The molecule has 5 rings (SSSR count). The van der Waals surface area contributed by atoms with Crippen LogP contribution in [0.3, 0.4) is 0 Å². The Labute approximate surface area is 237 Å². The van der Waals surface area contributed by atoms with Gasteiger partial charge in [0.1, 0.15) is 5.82 Å². The SMILES string of the molecule is Cc1cc(F)ccc1Cc1cc2c(cn1)C(C)(C)CN2C(=O)CN1C[C@@H](C)NC[C@@H]1CN1CCOC[C@@]1(C)CO. The van der Waals surface area contributed by atoms with E-state index in [2.05, 4.69) is 35.9 Å². The second kappa shape index (κ2) is 11.4. The summed E-state index contributed by atoms with van der Waals surface area (Å²) in [6.07, 6.45) is 2.50. The van der Waals surface area contributed by atoms with Gasteiger partial charge in [-0.15, -0.1) is 0 Å². The number of anilines is 1. The number of nitrogens with zero attached hydrogens (tertiary/aromatic N) is 4. The van der Waals surface area contributed by atoms with Crippen molar-refractivity contribution in [1.29, 1.82) is 0 Å². The molecule has 2 aromatic rings. The van der Waals surface area contributed by atoms with Crippen molar-refractivity contribution in [2.75, 3.05) is 64.0 Å². The quantitative estimate of drug-likeness (QED) is 0.545. The van der Waals surface area contributed by atoms with Gasteiger partial charge in [-0.1, -0.05) is 19.9 Å². The molecule has 3 aliphatic heterocycles. The van der Waals surface area contributed by atoms with Gasteiger partial charge >= 0.3 is 0 Å². The average molecular weight is 554 g/mol. The molecule has 3 atom stereocenters. The van der Waals surface area contributed by atoms with E-state index in [1.165, 1.54) is 6.07 Å². The molecule has 0 radical (unpaired) electrons. The third-order valence-corrected chi connectivity index (χ3v) is 9.01. The number of benzene rings is 1. The lowest BCUT2D eigenvalue weighted by Gasteiger charge is -2.48. The van der Waals surface area contributed by atoms with Crippen LogP contribution in [0.5, 0.6) is 0 Å². The summed E-state index contributed by atoms with van der Waals surface area (Å²) in [6.45, 7) is 15.7. The Morgan fingerprint density at radius 2 is 2.08 bits per heavy atom. The molecular weight excluding hydrogens is 509 g/mol. The van der Waals surface area contributed by atoms with Gasteiger partial charge in [0.05, 0.1) is 37.6 Å². The van der Waals surface area contributed by atoms with E-state index in [0.29, 0.717) is 32.7 Å². The maximum absolute atomic E-state index is 14.0. The van der Waals surface area contributed by atoms with Gasteiger partial charge in [-0.3, -0.25) is 19.6 Å². The maximum Gasteiger partial charge on any atom is 0.241 e. The fourth-order valence-corrected chi connectivity index (χ4v) is 6.37. The zero-order valence-electron chi connectivity index (χ0n) is 24.5. The molecule has 0 unspecified atom stereocenters. The Hall–Kier alpha value is -2.43. The fraction of sp³-hybridized carbons (Fsp3) is 0.613. The van der Waals surface area contributed by atoms with Crippen molar-refractivity contribution in [1.82, 2.24) is 20.1 Å². The summed E-state index contributed by atoms with van der Waals surface area (Å²) in [4.78, 5) is 25.3. The van der Waals surface area contributed by atoms with Crippen LogP contribution < -0.4 is 10.2 Å². The summed E-state index contributed by atoms with van der Waals surface area (Å²) in [5.74, 6) is -0.148. The average Bonchev–Trinajstić information content (AvgIpc) is 3.18. The molecule has 218 valence electrons. The number of morpholine rings is 1. The number of nitrogens with one attached hydrogen (secondary N) is 1. The first-order valence-electron chi connectivity index (χ1n) is 14.4. The van der Waals surface area contributed by atoms with E-state index in [1.807, 2.05) is 37.1 Å². The zero-order valence-corrected chi connectivity index (χ0v) is 24.5. The highest BCUT2D eigenvalue weighted by Gasteiger charge is 2.41. The van der Waals surface area contributed by atoms with Gasteiger partial charge in [0, 0.05) is 74.1 Å². The van der Waals surface area contributed by atoms with Crippen LogP contribution >= 0.6 is 0 Å². The molecule has 0 saturated carbocycles. The number of rotatable bonds is 7. The van der Waals surface area contributed by atoms with Crippen molar-refractivity contribution in [3.63, 3.8) is 0 Å². The lowest BCUT2D eigenvalue weighted by molar-refractivity contribution is -0.122. The maximum atomic E-state index is 14.0. The van der Waals surface area contributed by atoms with Crippen molar-refractivity contribution >= 4 is 11.6 Å². The van der Waals surface area contributed by atoms with Gasteiger partial charge in [-0.2, -0.15) is 0 Å². The molecule has 1 aromatic carbocycles. The summed E-state index contributed by atoms with van der Waals surface area (Å²) < 4.78 is 19.3. The Morgan fingerprint density at radius 3 is 2.83 bits per heavy atom. The summed E-state index contributed by atoms with van der Waals surface area (Å²) in [7, 11) is 0. The van der Waals surface area contributed by atoms with Gasteiger partial charge in [-0.05, 0) is 50.1 Å². The normalized spacial score (nSPS) is 27.1. The molecule has 2 saturated heterocycles. The van der Waals surface area contributed by atoms with E-state index < -0.39 is 5.54 Å². The smallest absolute Gasteiger partial charge is 0.241 e. The minimum atomic E-state index is -0.415. The summed E-state index contributed by atoms with van der Waals surface area (Å²) in [6, 6.07) is 7.33. The Kier molecular flexibility index (Phi) is 8.32. The van der Waals surface area contributed by atoms with E-state index in [0.717, 1.165) is 54.3 Å². The molecule has 2 N–H and O–H groups in total. The minimum absolute atomic E-state index is 0.0376. The lowest BCUT2D eigenvalue weighted by atomic mass is 9.88. The number of hydrogen-bond acceptors (Lipinski definition) is 7. The van der Waals surface area contributed by atoms with E-state index in [1.54, 1.807) is 6.07 Å². The van der Waals surface area contributed by atoms with Crippen LogP contribution in [0, 0.1) is 12.7 Å². The number of piperazine rings is 1. The zero-order chi connectivity index (χ0) is 28.7. The van der Waals surface area contributed by atoms with E-state index in [9.17, 15) is 14.3 Å². The van der Waals surface area contributed by atoms with Crippen LogP contribution in [0.25, 0.3) is 0 Å². The van der Waals surface area contributed by atoms with Crippen LogP contribution in [0.1, 0.15) is 50.1 Å². The van der Waals surface area contributed by atoms with Crippen molar-refractivity contribution in [3.8, 4) is 0 Å². The number of aryl methyl sites for hydroxylation is 1. The minimum Gasteiger partial charge on any atom is -0.394 e. The molecule has 4 heterocycles. The molecule has 0 spiro atoms. The summed E-state index contributed by atoms with van der Waals surface area (Å²) in [5.41, 5.74) is 4.19. The molecule has 40 heavy (non-hydrogen) atoms. The molecule has 2 fully saturated rings. The molecule has 1 aromatic heterocycles. The largest absolute Gasteiger partial charge is 0.394 e. The first-order chi connectivity index (χ1) is 19.0. The second-order valence-corrected chi connectivity index (χ2v) is 12.9. The van der Waals surface area contributed by atoms with Gasteiger partial charge in [0.25, 0.3) is 0 Å². The monoisotopic (exact) mass is 553 g/mol. The molecule has 0 aliphatic carbocycles. The highest BCUT2D eigenvalue weighted by Crippen LogP contribution is 2.40. The van der Waals surface area contributed by atoms with Crippen LogP contribution in [0.2, 0.25) is 0 Å². The number of amides is 1. The highest BCUT2D eigenvalue weighted by molar-refractivity contribution is 5.97. The number of carbonyl (C=O) groups excluding carboxylic acids is 1. The van der Waals surface area contributed by atoms with Crippen molar-refractivity contribution < 1.29 is 19.0 Å². The molecule has 9 heteroatoms. The lowest BCUT2D eigenvalue weighted by Crippen LogP contribution is -2.65. The van der Waals surface area contributed by atoms with Crippen LogP contribution in [-0.2, 0) is 21.4 Å². The number of aromatic nitrogens is 1. The first kappa shape index (κ1) is 29.1. The van der Waals surface area contributed by atoms with E-state index >= 15 is 0 Å². The van der Waals surface area contributed by atoms with Crippen molar-refractivity contribution in [3.05, 3.63) is 58.7 Å². The number of ether oxygens (including phenoxy) is 1. The molecule has 1 amide bonds. The standard InChI is InChI=1S/C31H44FN5O3/c1-21-10-24(32)7-6-23(21)11-25-12-28-27(14-34-25)30(3,4)18-37(28)29(39)17-35-15-22(2)33-13-26(35)16-36-8-9-40-20-31(36,5)19-38/h6-7,10,12,14,22,26,33,38H,8-9,11,13,15-20H2,1-5H3/t22-,26-,31-/m1/s1. The Balaban J connectivity index is 1.35. The third kappa shape index (κ3) is 5.94. The number of pyridine rings is 1. The number of halogens is 1. The van der Waals surface area contributed by atoms with Gasteiger partial charge in [0.15, 0.2) is 0 Å². The molecule has 8 nitrogen and oxygen atoms in total. The Morgan fingerprint density at radius 1 is 1.27 bits per heavy atom. The van der Waals surface area contributed by atoms with Crippen LogP contribution in [0.4, 0.5) is 10.1 Å². The van der Waals surface area contributed by atoms with Gasteiger partial charge in [-0.25, -0.2) is 4.39 Å². The van der Waals surface area contributed by atoms with E-state index in [4.69, 9.17) is 9.72 Å².